The van der Waals surface area contributed by atoms with E-state index in [1.165, 1.54) is 11.3 Å². The van der Waals surface area contributed by atoms with Gasteiger partial charge in [-0.2, -0.15) is 5.10 Å². The number of hydrazone groups is 1. The van der Waals surface area contributed by atoms with E-state index in [0.29, 0.717) is 0 Å². The van der Waals surface area contributed by atoms with Gasteiger partial charge in [-0.1, -0.05) is 56.6 Å². The van der Waals surface area contributed by atoms with Crippen LogP contribution in [0.2, 0.25) is 5.02 Å². The van der Waals surface area contributed by atoms with Crippen LogP contribution >= 0.6 is 11.6 Å². The minimum Gasteiger partial charge on any atom is -0.368 e. The molecule has 132 valence electrons. The highest BCUT2D eigenvalue weighted by molar-refractivity contribution is 6.30. The molecule has 0 spiro atoms. The molecule has 1 aliphatic heterocycles. The van der Waals surface area contributed by atoms with Crippen LogP contribution in [0.1, 0.15) is 31.9 Å². The molecule has 0 radical (unpaired) electrons. The lowest BCUT2D eigenvalue weighted by molar-refractivity contribution is 0.272. The second-order valence-electron chi connectivity index (χ2n) is 7.53. The number of hydrogen-bond donors (Lipinski definition) is 0. The Labute approximate surface area is 155 Å². The maximum Gasteiger partial charge on any atom is 0.0542 e. The van der Waals surface area contributed by atoms with Crippen LogP contribution in [0.5, 0.6) is 0 Å². The fourth-order valence-electron chi connectivity index (χ4n) is 2.94. The highest BCUT2D eigenvalue weighted by atomic mass is 35.5. The van der Waals surface area contributed by atoms with Crippen molar-refractivity contribution in [2.24, 2.45) is 5.10 Å². The van der Waals surface area contributed by atoms with E-state index >= 15 is 0 Å². The number of hydrogen-bond acceptors (Lipinski definition) is 3. The number of piperazine rings is 1. The molecule has 3 rings (SSSR count). The molecule has 4 heteroatoms. The summed E-state index contributed by atoms with van der Waals surface area (Å²) in [4.78, 5) is 2.38. The minimum absolute atomic E-state index is 0.188. The van der Waals surface area contributed by atoms with Crippen molar-refractivity contribution in [1.82, 2.24) is 5.01 Å². The second kappa shape index (κ2) is 7.49. The number of nitrogens with zero attached hydrogens (tertiary/aromatic N) is 3. The van der Waals surface area contributed by atoms with Crippen molar-refractivity contribution in [2.45, 2.75) is 26.2 Å². The zero-order valence-electron chi connectivity index (χ0n) is 15.2. The zero-order chi connectivity index (χ0) is 17.9. The summed E-state index contributed by atoms with van der Waals surface area (Å²) in [6, 6.07) is 16.7. The van der Waals surface area contributed by atoms with Gasteiger partial charge < -0.3 is 4.90 Å². The molecule has 1 saturated heterocycles. The summed E-state index contributed by atoms with van der Waals surface area (Å²) in [6.07, 6.45) is 1.96. The van der Waals surface area contributed by atoms with Gasteiger partial charge in [-0.15, -0.1) is 0 Å². The molecular weight excluding hydrogens is 330 g/mol. The molecule has 1 fully saturated rings. The SMILES string of the molecule is CC(C)(C)c1ccc(/C=N\N2CCN(c3ccc(Cl)cc3)CC2)cc1. The van der Waals surface area contributed by atoms with Crippen molar-refractivity contribution < 1.29 is 0 Å². The standard InChI is InChI=1S/C21H26ClN3/c1-21(2,3)18-6-4-17(5-7-18)16-23-25-14-12-24(13-15-25)20-10-8-19(22)9-11-20/h4-11,16H,12-15H2,1-3H3/b23-16-. The normalized spacial score (nSPS) is 15.8. The molecule has 0 saturated carbocycles. The summed E-state index contributed by atoms with van der Waals surface area (Å²) in [6.45, 7) is 10.5. The molecule has 0 atom stereocenters. The third kappa shape index (κ3) is 4.76. The molecular formula is C21H26ClN3. The first-order valence-electron chi connectivity index (χ1n) is 8.82. The van der Waals surface area contributed by atoms with Crippen LogP contribution in [-0.2, 0) is 5.41 Å². The summed E-state index contributed by atoms with van der Waals surface area (Å²) in [7, 11) is 0. The van der Waals surface area contributed by atoms with Crippen LogP contribution in [0.3, 0.4) is 0 Å². The van der Waals surface area contributed by atoms with Crippen molar-refractivity contribution in [2.75, 3.05) is 31.1 Å². The van der Waals surface area contributed by atoms with Crippen molar-refractivity contribution >= 4 is 23.5 Å². The molecule has 0 aromatic heterocycles. The molecule has 0 N–H and O–H groups in total. The maximum absolute atomic E-state index is 5.96. The van der Waals surface area contributed by atoms with E-state index in [9.17, 15) is 0 Å². The van der Waals surface area contributed by atoms with Gasteiger partial charge in [0.1, 0.15) is 0 Å². The van der Waals surface area contributed by atoms with Gasteiger partial charge in [-0.3, -0.25) is 5.01 Å². The van der Waals surface area contributed by atoms with Gasteiger partial charge in [0.25, 0.3) is 0 Å². The van der Waals surface area contributed by atoms with Crippen LogP contribution in [-0.4, -0.2) is 37.4 Å². The van der Waals surface area contributed by atoms with Gasteiger partial charge in [-0.25, -0.2) is 0 Å². The van der Waals surface area contributed by atoms with E-state index in [1.807, 2.05) is 18.3 Å². The van der Waals surface area contributed by atoms with E-state index in [1.54, 1.807) is 0 Å². The molecule has 1 heterocycles. The van der Waals surface area contributed by atoms with Crippen LogP contribution in [0.4, 0.5) is 5.69 Å². The maximum atomic E-state index is 5.96. The first kappa shape index (κ1) is 17.8. The second-order valence-corrected chi connectivity index (χ2v) is 7.97. The molecule has 2 aromatic rings. The third-order valence-electron chi connectivity index (χ3n) is 4.59. The lowest BCUT2D eigenvalue weighted by Crippen LogP contribution is -2.44. The Morgan fingerprint density at radius 1 is 0.880 bits per heavy atom. The van der Waals surface area contributed by atoms with E-state index in [-0.39, 0.29) is 5.41 Å². The predicted molar refractivity (Wildman–Crippen MR) is 108 cm³/mol. The molecule has 0 unspecified atom stereocenters. The van der Waals surface area contributed by atoms with E-state index in [4.69, 9.17) is 11.6 Å². The largest absolute Gasteiger partial charge is 0.368 e. The van der Waals surface area contributed by atoms with Gasteiger partial charge >= 0.3 is 0 Å². The van der Waals surface area contributed by atoms with Crippen LogP contribution in [0.25, 0.3) is 0 Å². The Morgan fingerprint density at radius 2 is 1.48 bits per heavy atom. The Hall–Kier alpha value is -2.00. The highest BCUT2D eigenvalue weighted by Gasteiger charge is 2.16. The van der Waals surface area contributed by atoms with Crippen molar-refractivity contribution in [1.29, 1.82) is 0 Å². The minimum atomic E-state index is 0.188. The fourth-order valence-corrected chi connectivity index (χ4v) is 3.06. The van der Waals surface area contributed by atoms with Crippen LogP contribution in [0.15, 0.2) is 53.6 Å². The van der Waals surface area contributed by atoms with Gasteiger partial charge in [0.2, 0.25) is 0 Å². The average Bonchev–Trinajstić information content (AvgIpc) is 2.61. The summed E-state index contributed by atoms with van der Waals surface area (Å²) in [5, 5.41) is 7.57. The molecule has 1 aliphatic rings. The van der Waals surface area contributed by atoms with Crippen molar-refractivity contribution in [3.63, 3.8) is 0 Å². The molecule has 2 aromatic carbocycles. The van der Waals surface area contributed by atoms with Gasteiger partial charge in [0, 0.05) is 23.8 Å². The summed E-state index contributed by atoms with van der Waals surface area (Å²) in [5.74, 6) is 0. The topological polar surface area (TPSA) is 18.8 Å². The van der Waals surface area contributed by atoms with E-state index in [0.717, 1.165) is 36.8 Å². The predicted octanol–water partition coefficient (Wildman–Crippen LogP) is 4.79. The molecule has 0 aliphatic carbocycles. The Morgan fingerprint density at radius 3 is 2.04 bits per heavy atom. The summed E-state index contributed by atoms with van der Waals surface area (Å²) >= 11 is 5.96. The van der Waals surface area contributed by atoms with Crippen molar-refractivity contribution in [3.8, 4) is 0 Å². The molecule has 0 amide bonds. The smallest absolute Gasteiger partial charge is 0.0542 e. The van der Waals surface area contributed by atoms with Crippen molar-refractivity contribution in [3.05, 3.63) is 64.7 Å². The quantitative estimate of drug-likeness (QED) is 0.737. The zero-order valence-corrected chi connectivity index (χ0v) is 16.0. The number of halogens is 1. The summed E-state index contributed by atoms with van der Waals surface area (Å²) < 4.78 is 0. The van der Waals surface area contributed by atoms with Crippen LogP contribution in [0, 0.1) is 0 Å². The monoisotopic (exact) mass is 355 g/mol. The first-order chi connectivity index (χ1) is 11.9. The van der Waals surface area contributed by atoms with E-state index in [2.05, 4.69) is 72.2 Å². The first-order valence-corrected chi connectivity index (χ1v) is 9.20. The third-order valence-corrected chi connectivity index (χ3v) is 4.85. The molecule has 25 heavy (non-hydrogen) atoms. The lowest BCUT2D eigenvalue weighted by atomic mass is 9.87. The van der Waals surface area contributed by atoms with Crippen LogP contribution < -0.4 is 4.90 Å². The molecule has 0 bridgehead atoms. The van der Waals surface area contributed by atoms with E-state index < -0.39 is 0 Å². The Bertz CT molecular complexity index is 706. The number of anilines is 1. The van der Waals surface area contributed by atoms with Gasteiger partial charge in [-0.05, 0) is 40.8 Å². The number of rotatable bonds is 3. The Balaban J connectivity index is 1.55. The van der Waals surface area contributed by atoms with Gasteiger partial charge in [0.15, 0.2) is 0 Å². The number of benzene rings is 2. The average molecular weight is 356 g/mol. The summed E-state index contributed by atoms with van der Waals surface area (Å²) in [5.41, 5.74) is 3.91. The van der Waals surface area contributed by atoms with Gasteiger partial charge in [0.05, 0.1) is 19.3 Å². The fraction of sp³-hybridized carbons (Fsp3) is 0.381. The highest BCUT2D eigenvalue weighted by Crippen LogP contribution is 2.22. The Kier molecular flexibility index (Phi) is 5.33. The lowest BCUT2D eigenvalue weighted by Gasteiger charge is -2.34. The molecule has 3 nitrogen and oxygen atoms in total.